The van der Waals surface area contributed by atoms with Gasteiger partial charge in [0.1, 0.15) is 5.75 Å². The zero-order valence-electron chi connectivity index (χ0n) is 12.6. The molecule has 0 radical (unpaired) electrons. The van der Waals surface area contributed by atoms with Gasteiger partial charge in [-0.25, -0.2) is 13.4 Å². The first-order chi connectivity index (χ1) is 10.5. The molecule has 1 aliphatic heterocycles. The molecule has 118 valence electrons. The van der Waals surface area contributed by atoms with Crippen molar-refractivity contribution in [3.8, 4) is 5.75 Å². The Morgan fingerprint density at radius 1 is 1.27 bits per heavy atom. The average Bonchev–Trinajstić information content (AvgIpc) is 2.94. The number of ether oxygens (including phenoxy) is 1. The minimum Gasteiger partial charge on any atom is -0.491 e. The lowest BCUT2D eigenvalue weighted by molar-refractivity contribution is 0.242. The molecule has 3 rings (SSSR count). The Labute approximate surface area is 130 Å². The van der Waals surface area contributed by atoms with Gasteiger partial charge in [0.25, 0.3) is 0 Å². The van der Waals surface area contributed by atoms with Crippen LogP contribution in [0.25, 0.3) is 0 Å². The van der Waals surface area contributed by atoms with E-state index in [-0.39, 0.29) is 11.0 Å². The van der Waals surface area contributed by atoms with E-state index in [1.54, 1.807) is 30.6 Å². The topological polar surface area (TPSA) is 75.3 Å². The molecule has 2 heterocycles. The number of imidazole rings is 1. The lowest BCUT2D eigenvalue weighted by atomic mass is 10.2. The maximum atomic E-state index is 12.7. The summed E-state index contributed by atoms with van der Waals surface area (Å²) in [5, 5.41) is 0. The summed E-state index contributed by atoms with van der Waals surface area (Å²) in [5.41, 5.74) is 1.82. The van der Waals surface area contributed by atoms with Gasteiger partial charge in [0.2, 0.25) is 10.0 Å². The first-order valence-electron chi connectivity index (χ1n) is 7.25. The number of rotatable bonds is 4. The molecule has 1 aliphatic rings. The minimum atomic E-state index is -3.50. The van der Waals surface area contributed by atoms with Crippen LogP contribution in [0.1, 0.15) is 25.2 Å². The molecule has 2 aromatic rings. The molecule has 0 amide bonds. The Morgan fingerprint density at radius 3 is 2.68 bits per heavy atom. The van der Waals surface area contributed by atoms with Crippen molar-refractivity contribution >= 4 is 10.0 Å². The van der Waals surface area contributed by atoms with Crippen LogP contribution < -0.4 is 4.74 Å². The highest BCUT2D eigenvalue weighted by Crippen LogP contribution is 2.24. The van der Waals surface area contributed by atoms with Gasteiger partial charge in [-0.1, -0.05) is 0 Å². The van der Waals surface area contributed by atoms with Crippen LogP contribution in [-0.2, 0) is 23.0 Å². The van der Waals surface area contributed by atoms with Gasteiger partial charge in [-0.3, -0.25) is 0 Å². The van der Waals surface area contributed by atoms with Crippen molar-refractivity contribution in [1.82, 2.24) is 14.3 Å². The number of nitrogens with zero attached hydrogens (tertiary/aromatic N) is 2. The minimum absolute atomic E-state index is 0.0587. The van der Waals surface area contributed by atoms with Gasteiger partial charge in [0.15, 0.2) is 0 Å². The number of aromatic nitrogens is 2. The Morgan fingerprint density at radius 2 is 2.00 bits per heavy atom. The summed E-state index contributed by atoms with van der Waals surface area (Å²) in [4.78, 5) is 7.48. The van der Waals surface area contributed by atoms with Crippen molar-refractivity contribution in [2.24, 2.45) is 0 Å². The third kappa shape index (κ3) is 2.86. The normalized spacial score (nSPS) is 15.8. The molecule has 0 bridgehead atoms. The summed E-state index contributed by atoms with van der Waals surface area (Å²) in [7, 11) is -3.50. The van der Waals surface area contributed by atoms with Crippen LogP contribution in [0.3, 0.4) is 0 Å². The van der Waals surface area contributed by atoms with Gasteiger partial charge in [0, 0.05) is 13.0 Å². The molecular formula is C15H19N3O3S. The van der Waals surface area contributed by atoms with E-state index >= 15 is 0 Å². The predicted molar refractivity (Wildman–Crippen MR) is 82.1 cm³/mol. The van der Waals surface area contributed by atoms with Crippen molar-refractivity contribution in [3.05, 3.63) is 42.0 Å². The molecule has 0 fully saturated rings. The van der Waals surface area contributed by atoms with E-state index in [2.05, 4.69) is 9.97 Å². The number of hydrogen-bond donors (Lipinski definition) is 1. The summed E-state index contributed by atoms with van der Waals surface area (Å²) in [6.45, 7) is 4.65. The number of nitrogens with one attached hydrogen (secondary N) is 1. The monoisotopic (exact) mass is 321 g/mol. The molecule has 0 unspecified atom stereocenters. The SMILES string of the molecule is CC(C)Oc1ccc(S(=O)(=O)N2CCc3nc[nH]c3C2)cc1. The molecule has 1 aromatic carbocycles. The first-order valence-corrected chi connectivity index (χ1v) is 8.69. The molecule has 0 spiro atoms. The fourth-order valence-electron chi connectivity index (χ4n) is 2.50. The summed E-state index contributed by atoms with van der Waals surface area (Å²) in [6, 6.07) is 6.57. The van der Waals surface area contributed by atoms with Crippen LogP contribution in [-0.4, -0.2) is 35.3 Å². The van der Waals surface area contributed by atoms with Crippen LogP contribution in [0.2, 0.25) is 0 Å². The summed E-state index contributed by atoms with van der Waals surface area (Å²) in [5.74, 6) is 0.670. The second-order valence-electron chi connectivity index (χ2n) is 5.55. The van der Waals surface area contributed by atoms with Gasteiger partial charge in [-0.05, 0) is 38.1 Å². The smallest absolute Gasteiger partial charge is 0.243 e. The van der Waals surface area contributed by atoms with Gasteiger partial charge in [0.05, 0.1) is 35.3 Å². The van der Waals surface area contributed by atoms with Crippen molar-refractivity contribution < 1.29 is 13.2 Å². The maximum Gasteiger partial charge on any atom is 0.243 e. The van der Waals surface area contributed by atoms with Crippen LogP contribution in [0.15, 0.2) is 35.5 Å². The lowest BCUT2D eigenvalue weighted by Gasteiger charge is -2.25. The summed E-state index contributed by atoms with van der Waals surface area (Å²) in [6.07, 6.45) is 2.30. The highest BCUT2D eigenvalue weighted by atomic mass is 32.2. The number of sulfonamides is 1. The summed E-state index contributed by atoms with van der Waals surface area (Å²) < 4.78 is 32.4. The molecule has 22 heavy (non-hydrogen) atoms. The number of hydrogen-bond acceptors (Lipinski definition) is 4. The average molecular weight is 321 g/mol. The third-order valence-corrected chi connectivity index (χ3v) is 5.43. The number of fused-ring (bicyclic) bond motifs is 1. The Hall–Kier alpha value is -1.86. The van der Waals surface area contributed by atoms with Crippen LogP contribution in [0.4, 0.5) is 0 Å². The zero-order chi connectivity index (χ0) is 15.7. The molecule has 6 nitrogen and oxygen atoms in total. The van der Waals surface area contributed by atoms with E-state index in [4.69, 9.17) is 4.74 Å². The standard InChI is InChI=1S/C15H19N3O3S/c1-11(2)21-12-3-5-13(6-4-12)22(19,20)18-8-7-14-15(9-18)17-10-16-14/h3-6,10-11H,7-9H2,1-2H3,(H,16,17). The highest BCUT2D eigenvalue weighted by molar-refractivity contribution is 7.89. The third-order valence-electron chi connectivity index (χ3n) is 3.57. The molecule has 0 saturated carbocycles. The Bertz CT molecular complexity index is 751. The van der Waals surface area contributed by atoms with E-state index in [9.17, 15) is 8.42 Å². The van der Waals surface area contributed by atoms with Crippen LogP contribution >= 0.6 is 0 Å². The number of benzene rings is 1. The molecule has 0 atom stereocenters. The van der Waals surface area contributed by atoms with Crippen LogP contribution in [0.5, 0.6) is 5.75 Å². The van der Waals surface area contributed by atoms with E-state index in [0.29, 0.717) is 25.3 Å². The molecule has 7 heteroatoms. The molecule has 1 N–H and O–H groups in total. The Kier molecular flexibility index (Phi) is 3.92. The van der Waals surface area contributed by atoms with Gasteiger partial charge in [-0.2, -0.15) is 4.31 Å². The fraction of sp³-hybridized carbons (Fsp3) is 0.400. The van der Waals surface area contributed by atoms with Gasteiger partial charge in [-0.15, -0.1) is 0 Å². The highest BCUT2D eigenvalue weighted by Gasteiger charge is 2.29. The molecule has 0 aliphatic carbocycles. The van der Waals surface area contributed by atoms with Crippen molar-refractivity contribution in [3.63, 3.8) is 0 Å². The van der Waals surface area contributed by atoms with Crippen molar-refractivity contribution in [2.45, 2.75) is 37.8 Å². The largest absolute Gasteiger partial charge is 0.491 e. The quantitative estimate of drug-likeness (QED) is 0.934. The van der Waals surface area contributed by atoms with Crippen molar-refractivity contribution in [2.75, 3.05) is 6.54 Å². The Balaban J connectivity index is 1.81. The molecule has 1 aromatic heterocycles. The zero-order valence-corrected chi connectivity index (χ0v) is 13.4. The van der Waals surface area contributed by atoms with E-state index in [1.807, 2.05) is 13.8 Å². The predicted octanol–water partition coefficient (Wildman–Crippen LogP) is 1.94. The van der Waals surface area contributed by atoms with Crippen molar-refractivity contribution in [1.29, 1.82) is 0 Å². The van der Waals surface area contributed by atoms with Crippen LogP contribution in [0, 0.1) is 0 Å². The maximum absolute atomic E-state index is 12.7. The first kappa shape index (κ1) is 15.1. The second kappa shape index (κ2) is 5.73. The van der Waals surface area contributed by atoms with E-state index in [0.717, 1.165) is 11.4 Å². The second-order valence-corrected chi connectivity index (χ2v) is 7.49. The fourth-order valence-corrected chi connectivity index (χ4v) is 3.91. The number of aromatic amines is 1. The molecule has 0 saturated heterocycles. The lowest BCUT2D eigenvalue weighted by Crippen LogP contribution is -2.36. The molecular weight excluding hydrogens is 302 g/mol. The van der Waals surface area contributed by atoms with E-state index in [1.165, 1.54) is 4.31 Å². The van der Waals surface area contributed by atoms with Gasteiger partial charge < -0.3 is 9.72 Å². The number of H-pyrrole nitrogens is 1. The van der Waals surface area contributed by atoms with E-state index < -0.39 is 10.0 Å². The summed E-state index contributed by atoms with van der Waals surface area (Å²) >= 11 is 0. The van der Waals surface area contributed by atoms with Gasteiger partial charge >= 0.3 is 0 Å².